The van der Waals surface area contributed by atoms with Crippen molar-refractivity contribution in [1.82, 2.24) is 4.98 Å². The molecule has 0 spiro atoms. The molecule has 0 saturated carbocycles. The molecule has 0 aromatic carbocycles. The second-order valence-electron chi connectivity index (χ2n) is 5.13. The van der Waals surface area contributed by atoms with Crippen LogP contribution in [-0.4, -0.2) is 23.7 Å². The van der Waals surface area contributed by atoms with Crippen LogP contribution >= 0.6 is 0 Å². The molecule has 1 atom stereocenters. The van der Waals surface area contributed by atoms with E-state index in [2.05, 4.69) is 55.6 Å². The molecular weight excluding hydrogens is 186 g/mol. The highest BCUT2D eigenvalue weighted by molar-refractivity contribution is 5.74. The maximum absolute atomic E-state index is 4.44. The highest BCUT2D eigenvalue weighted by Crippen LogP contribution is 2.40. The van der Waals surface area contributed by atoms with Crippen LogP contribution in [-0.2, 0) is 0 Å². The molecule has 15 heavy (non-hydrogen) atoms. The van der Waals surface area contributed by atoms with Gasteiger partial charge >= 0.3 is 0 Å². The molecule has 1 aliphatic heterocycles. The topological polar surface area (TPSA) is 19.4 Å². The number of anilines is 2. The van der Waals surface area contributed by atoms with Gasteiger partial charge in [-0.25, -0.2) is 4.98 Å². The van der Waals surface area contributed by atoms with Gasteiger partial charge in [0.2, 0.25) is 0 Å². The lowest BCUT2D eigenvalue weighted by atomic mass is 10.1. The number of aromatic nitrogens is 1. The fourth-order valence-electron chi connectivity index (χ4n) is 2.32. The Labute approximate surface area is 91.7 Å². The van der Waals surface area contributed by atoms with Crippen LogP contribution in [0.4, 0.5) is 11.5 Å². The Kier molecular flexibility index (Phi) is 2.14. The summed E-state index contributed by atoms with van der Waals surface area (Å²) in [5.41, 5.74) is 1.36. The summed E-state index contributed by atoms with van der Waals surface area (Å²) in [5, 5.41) is 0. The zero-order valence-electron chi connectivity index (χ0n) is 10.2. The quantitative estimate of drug-likeness (QED) is 0.648. The van der Waals surface area contributed by atoms with Crippen molar-refractivity contribution in [3.63, 3.8) is 0 Å². The van der Waals surface area contributed by atoms with Gasteiger partial charge in [0.15, 0.2) is 5.82 Å². The summed E-state index contributed by atoms with van der Waals surface area (Å²) in [4.78, 5) is 9.07. The fourth-order valence-corrected chi connectivity index (χ4v) is 2.32. The number of hydrogen-bond donors (Lipinski definition) is 0. The third-order valence-corrected chi connectivity index (χ3v) is 3.02. The average molecular weight is 205 g/mol. The zero-order valence-corrected chi connectivity index (χ0v) is 10.2. The molecule has 0 aliphatic carbocycles. The first kappa shape index (κ1) is 10.3. The SMILES string of the molecule is C[C@H]1N(C)c2ncccc2N1C(C)(C)C. The first-order chi connectivity index (χ1) is 6.93. The lowest BCUT2D eigenvalue weighted by Gasteiger charge is -2.38. The van der Waals surface area contributed by atoms with Crippen LogP contribution in [0.15, 0.2) is 18.3 Å². The summed E-state index contributed by atoms with van der Waals surface area (Å²) >= 11 is 0. The molecule has 82 valence electrons. The third kappa shape index (κ3) is 1.46. The average Bonchev–Trinajstić information content (AvgIpc) is 2.39. The molecule has 1 aromatic heterocycles. The first-order valence-corrected chi connectivity index (χ1v) is 5.40. The summed E-state index contributed by atoms with van der Waals surface area (Å²) < 4.78 is 0. The van der Waals surface area contributed by atoms with Crippen molar-refractivity contribution in [3.05, 3.63) is 18.3 Å². The molecule has 0 N–H and O–H groups in total. The summed E-state index contributed by atoms with van der Waals surface area (Å²) in [6, 6.07) is 4.15. The maximum Gasteiger partial charge on any atom is 0.153 e. The second kappa shape index (κ2) is 3.12. The molecule has 1 aromatic rings. The smallest absolute Gasteiger partial charge is 0.153 e. The maximum atomic E-state index is 4.44. The predicted octanol–water partition coefficient (Wildman–Crippen LogP) is 2.48. The van der Waals surface area contributed by atoms with E-state index >= 15 is 0 Å². The van der Waals surface area contributed by atoms with Gasteiger partial charge in [-0.3, -0.25) is 0 Å². The van der Waals surface area contributed by atoms with Crippen molar-refractivity contribution in [2.24, 2.45) is 0 Å². The van der Waals surface area contributed by atoms with E-state index in [4.69, 9.17) is 0 Å². The highest BCUT2D eigenvalue weighted by Gasteiger charge is 2.37. The van der Waals surface area contributed by atoms with Crippen LogP contribution in [0.1, 0.15) is 27.7 Å². The van der Waals surface area contributed by atoms with E-state index in [1.165, 1.54) is 5.69 Å². The van der Waals surface area contributed by atoms with E-state index in [1.54, 1.807) is 0 Å². The van der Waals surface area contributed by atoms with Gasteiger partial charge in [-0.1, -0.05) is 0 Å². The molecule has 3 heteroatoms. The number of rotatable bonds is 0. The van der Waals surface area contributed by atoms with E-state index < -0.39 is 0 Å². The van der Waals surface area contributed by atoms with E-state index in [1.807, 2.05) is 12.3 Å². The van der Waals surface area contributed by atoms with Gasteiger partial charge in [0.25, 0.3) is 0 Å². The van der Waals surface area contributed by atoms with Gasteiger partial charge in [0.05, 0.1) is 5.69 Å². The summed E-state index contributed by atoms with van der Waals surface area (Å²) in [6.07, 6.45) is 2.23. The standard InChI is InChI=1S/C12H19N3/c1-9-14(5)11-10(7-6-8-13-11)15(9)12(2,3)4/h6-9H,1-5H3/t9-/m0/s1. The van der Waals surface area contributed by atoms with Gasteiger partial charge < -0.3 is 9.80 Å². The fraction of sp³-hybridized carbons (Fsp3) is 0.583. The largest absolute Gasteiger partial charge is 0.344 e. The highest BCUT2D eigenvalue weighted by atomic mass is 15.4. The third-order valence-electron chi connectivity index (χ3n) is 3.02. The zero-order chi connectivity index (χ0) is 11.2. The van der Waals surface area contributed by atoms with Crippen molar-refractivity contribution >= 4 is 11.5 Å². The van der Waals surface area contributed by atoms with E-state index in [0.29, 0.717) is 6.17 Å². The van der Waals surface area contributed by atoms with Crippen LogP contribution in [0.25, 0.3) is 0 Å². The molecule has 2 rings (SSSR count). The first-order valence-electron chi connectivity index (χ1n) is 5.40. The van der Waals surface area contributed by atoms with Crippen LogP contribution in [0.5, 0.6) is 0 Å². The Morgan fingerprint density at radius 1 is 1.33 bits per heavy atom. The van der Waals surface area contributed by atoms with Gasteiger partial charge in [0.1, 0.15) is 6.17 Å². The molecule has 0 radical (unpaired) electrons. The molecular formula is C12H19N3. The molecule has 0 fully saturated rings. The van der Waals surface area contributed by atoms with E-state index in [9.17, 15) is 0 Å². The van der Waals surface area contributed by atoms with Crippen molar-refractivity contribution in [2.45, 2.75) is 39.4 Å². The van der Waals surface area contributed by atoms with Crippen LogP contribution in [0.3, 0.4) is 0 Å². The Balaban J connectivity index is 2.52. The molecule has 0 saturated heterocycles. The Hall–Kier alpha value is -1.25. The van der Waals surface area contributed by atoms with Crippen LogP contribution < -0.4 is 9.80 Å². The lowest BCUT2D eigenvalue weighted by molar-refractivity contribution is 0.464. The molecule has 0 bridgehead atoms. The molecule has 0 unspecified atom stereocenters. The van der Waals surface area contributed by atoms with Gasteiger partial charge in [-0.15, -0.1) is 0 Å². The summed E-state index contributed by atoms with van der Waals surface area (Å²) in [6.45, 7) is 8.92. The predicted molar refractivity (Wildman–Crippen MR) is 64.3 cm³/mol. The summed E-state index contributed by atoms with van der Waals surface area (Å²) in [5.74, 6) is 1.08. The minimum atomic E-state index is 0.127. The minimum absolute atomic E-state index is 0.127. The molecule has 2 heterocycles. The lowest BCUT2D eigenvalue weighted by Crippen LogP contribution is -2.49. The molecule has 1 aliphatic rings. The van der Waals surface area contributed by atoms with Crippen molar-refractivity contribution < 1.29 is 0 Å². The summed E-state index contributed by atoms with van der Waals surface area (Å²) in [7, 11) is 2.10. The van der Waals surface area contributed by atoms with Crippen LogP contribution in [0.2, 0.25) is 0 Å². The van der Waals surface area contributed by atoms with Crippen molar-refractivity contribution in [3.8, 4) is 0 Å². The van der Waals surface area contributed by atoms with E-state index in [0.717, 1.165) is 5.82 Å². The van der Waals surface area contributed by atoms with Gasteiger partial charge in [-0.05, 0) is 39.8 Å². The van der Waals surface area contributed by atoms with Crippen molar-refractivity contribution in [1.29, 1.82) is 0 Å². The van der Waals surface area contributed by atoms with E-state index in [-0.39, 0.29) is 5.54 Å². The monoisotopic (exact) mass is 205 g/mol. The van der Waals surface area contributed by atoms with Crippen molar-refractivity contribution in [2.75, 3.05) is 16.8 Å². The Bertz CT molecular complexity index is 367. The molecule has 0 amide bonds. The second-order valence-corrected chi connectivity index (χ2v) is 5.13. The van der Waals surface area contributed by atoms with Gasteiger partial charge in [0, 0.05) is 18.8 Å². The normalized spacial score (nSPS) is 20.7. The molecule has 3 nitrogen and oxygen atoms in total. The number of pyridine rings is 1. The van der Waals surface area contributed by atoms with Gasteiger partial charge in [-0.2, -0.15) is 0 Å². The Morgan fingerprint density at radius 3 is 2.60 bits per heavy atom. The number of hydrogen-bond acceptors (Lipinski definition) is 3. The number of fused-ring (bicyclic) bond motifs is 1. The van der Waals surface area contributed by atoms with Crippen LogP contribution in [0, 0.1) is 0 Å². The number of nitrogens with zero attached hydrogens (tertiary/aromatic N) is 3. The Morgan fingerprint density at radius 2 is 2.00 bits per heavy atom. The minimum Gasteiger partial charge on any atom is -0.344 e.